The molecular weight excluding hydrogens is 194 g/mol. The van der Waals surface area contributed by atoms with Gasteiger partial charge in [-0.25, -0.2) is 0 Å². The molecule has 0 spiro atoms. The first kappa shape index (κ1) is 12.2. The molecule has 1 fully saturated rings. The van der Waals surface area contributed by atoms with E-state index < -0.39 is 0 Å². The van der Waals surface area contributed by atoms with Gasteiger partial charge in [-0.3, -0.25) is 4.79 Å². The Hall–Kier alpha value is -0.870. The summed E-state index contributed by atoms with van der Waals surface area (Å²) in [6.45, 7) is 5.26. The molecule has 1 amide bonds. The van der Waals surface area contributed by atoms with Crippen molar-refractivity contribution in [2.75, 3.05) is 19.9 Å². The molecule has 1 N–H and O–H groups in total. The van der Waals surface area contributed by atoms with Gasteiger partial charge in [0.2, 0.25) is 5.91 Å². The van der Waals surface area contributed by atoms with Crippen LogP contribution in [-0.2, 0) is 14.3 Å². The minimum absolute atomic E-state index is 0.194. The van der Waals surface area contributed by atoms with Crippen molar-refractivity contribution >= 4 is 5.91 Å². The van der Waals surface area contributed by atoms with E-state index >= 15 is 0 Å². The van der Waals surface area contributed by atoms with Gasteiger partial charge in [-0.2, -0.15) is 0 Å². The average Bonchev–Trinajstić information content (AvgIpc) is 3.05. The summed E-state index contributed by atoms with van der Waals surface area (Å²) in [5.74, 6) is -0.194. The Morgan fingerprint density at radius 3 is 3.00 bits per heavy atom. The van der Waals surface area contributed by atoms with Crippen LogP contribution in [0.1, 0.15) is 25.7 Å². The zero-order chi connectivity index (χ0) is 10.9. The van der Waals surface area contributed by atoms with Crippen LogP contribution in [0.25, 0.3) is 0 Å². The summed E-state index contributed by atoms with van der Waals surface area (Å²) in [6.07, 6.45) is 6.35. The van der Waals surface area contributed by atoms with Gasteiger partial charge in [0.05, 0.1) is 12.7 Å². The lowest BCUT2D eigenvalue weighted by molar-refractivity contribution is -0.118. The highest BCUT2D eigenvalue weighted by Crippen LogP contribution is 2.16. The van der Waals surface area contributed by atoms with Crippen LogP contribution in [0.3, 0.4) is 0 Å². The highest BCUT2D eigenvalue weighted by molar-refractivity contribution is 5.86. The van der Waals surface area contributed by atoms with Crippen LogP contribution in [0.2, 0.25) is 0 Å². The van der Waals surface area contributed by atoms with Gasteiger partial charge in [0.25, 0.3) is 0 Å². The van der Waals surface area contributed by atoms with Crippen LogP contribution in [0, 0.1) is 0 Å². The molecule has 1 atom stereocenters. The largest absolute Gasteiger partial charge is 0.373 e. The Kier molecular flexibility index (Phi) is 6.04. The summed E-state index contributed by atoms with van der Waals surface area (Å²) in [5.41, 5.74) is 0. The molecule has 0 bridgehead atoms. The predicted molar refractivity (Wildman–Crippen MR) is 57.4 cm³/mol. The number of ether oxygens (including phenoxy) is 2. The standard InChI is InChI=1S/C11H19NO3/c1-2-11(13)12-9-14-7-5-3-4-6-10-8-15-10/h2,10H,1,3-9H2,(H,12,13). The van der Waals surface area contributed by atoms with Crippen LogP contribution >= 0.6 is 0 Å². The molecule has 0 radical (unpaired) electrons. The first-order valence-electron chi connectivity index (χ1n) is 5.42. The monoisotopic (exact) mass is 213 g/mol. The van der Waals surface area contributed by atoms with Crippen molar-refractivity contribution in [1.29, 1.82) is 0 Å². The molecule has 1 heterocycles. The molecule has 1 aliphatic heterocycles. The van der Waals surface area contributed by atoms with Crippen molar-refractivity contribution in [3.05, 3.63) is 12.7 Å². The van der Waals surface area contributed by atoms with E-state index in [1.165, 1.54) is 18.9 Å². The van der Waals surface area contributed by atoms with Gasteiger partial charge in [0.15, 0.2) is 0 Å². The second-order valence-electron chi connectivity index (χ2n) is 3.60. The van der Waals surface area contributed by atoms with Gasteiger partial charge in [-0.1, -0.05) is 19.4 Å². The molecule has 4 nitrogen and oxygen atoms in total. The topological polar surface area (TPSA) is 50.9 Å². The Morgan fingerprint density at radius 2 is 2.33 bits per heavy atom. The maximum atomic E-state index is 10.7. The number of hydrogen-bond donors (Lipinski definition) is 1. The van der Waals surface area contributed by atoms with Gasteiger partial charge in [0.1, 0.15) is 6.73 Å². The van der Waals surface area contributed by atoms with Crippen molar-refractivity contribution in [2.45, 2.75) is 31.8 Å². The zero-order valence-corrected chi connectivity index (χ0v) is 9.04. The molecule has 86 valence electrons. The summed E-state index contributed by atoms with van der Waals surface area (Å²) in [7, 11) is 0. The maximum Gasteiger partial charge on any atom is 0.245 e. The smallest absolute Gasteiger partial charge is 0.245 e. The number of carbonyl (C=O) groups excluding carboxylic acids is 1. The Bertz CT molecular complexity index is 202. The van der Waals surface area contributed by atoms with E-state index in [0.717, 1.165) is 19.4 Å². The average molecular weight is 213 g/mol. The maximum absolute atomic E-state index is 10.7. The SMILES string of the molecule is C=CC(=O)NCOCCCCCC1CO1. The third-order valence-corrected chi connectivity index (χ3v) is 2.25. The third-order valence-electron chi connectivity index (χ3n) is 2.25. The number of rotatable bonds is 9. The number of hydrogen-bond acceptors (Lipinski definition) is 3. The van der Waals surface area contributed by atoms with Crippen molar-refractivity contribution < 1.29 is 14.3 Å². The quantitative estimate of drug-likeness (QED) is 0.271. The first-order chi connectivity index (χ1) is 7.33. The number of epoxide rings is 1. The van der Waals surface area contributed by atoms with Crippen LogP contribution in [0.15, 0.2) is 12.7 Å². The van der Waals surface area contributed by atoms with E-state index in [0.29, 0.717) is 12.7 Å². The van der Waals surface area contributed by atoms with Crippen LogP contribution in [0.5, 0.6) is 0 Å². The number of unbranched alkanes of at least 4 members (excludes halogenated alkanes) is 2. The predicted octanol–water partition coefficient (Wildman–Crippen LogP) is 1.22. The molecule has 1 saturated heterocycles. The molecule has 0 aromatic rings. The summed E-state index contributed by atoms with van der Waals surface area (Å²) < 4.78 is 10.3. The van der Waals surface area contributed by atoms with E-state index in [2.05, 4.69) is 11.9 Å². The first-order valence-corrected chi connectivity index (χ1v) is 5.42. The fourth-order valence-corrected chi connectivity index (χ4v) is 1.25. The number of amides is 1. The summed E-state index contributed by atoms with van der Waals surface area (Å²) >= 11 is 0. The summed E-state index contributed by atoms with van der Waals surface area (Å²) in [5, 5.41) is 2.55. The molecule has 0 aliphatic carbocycles. The second kappa shape index (κ2) is 7.43. The van der Waals surface area contributed by atoms with Gasteiger partial charge in [-0.05, 0) is 18.9 Å². The zero-order valence-electron chi connectivity index (χ0n) is 9.04. The van der Waals surface area contributed by atoms with Gasteiger partial charge in [-0.15, -0.1) is 0 Å². The van der Waals surface area contributed by atoms with E-state index in [1.807, 2.05) is 0 Å². The molecule has 0 aromatic heterocycles. The van der Waals surface area contributed by atoms with Crippen LogP contribution < -0.4 is 5.32 Å². The van der Waals surface area contributed by atoms with Crippen molar-refractivity contribution in [3.63, 3.8) is 0 Å². The Labute approximate surface area is 90.6 Å². The van der Waals surface area contributed by atoms with Gasteiger partial charge >= 0.3 is 0 Å². The van der Waals surface area contributed by atoms with Crippen molar-refractivity contribution in [1.82, 2.24) is 5.32 Å². The molecule has 1 unspecified atom stereocenters. The minimum Gasteiger partial charge on any atom is -0.373 e. The van der Waals surface area contributed by atoms with E-state index in [1.54, 1.807) is 0 Å². The Balaban J connectivity index is 1.72. The van der Waals surface area contributed by atoms with Gasteiger partial charge < -0.3 is 14.8 Å². The van der Waals surface area contributed by atoms with E-state index in [-0.39, 0.29) is 12.6 Å². The van der Waals surface area contributed by atoms with Crippen molar-refractivity contribution in [3.8, 4) is 0 Å². The molecule has 15 heavy (non-hydrogen) atoms. The molecule has 0 saturated carbocycles. The molecule has 1 aliphatic rings. The number of nitrogens with one attached hydrogen (secondary N) is 1. The van der Waals surface area contributed by atoms with Crippen LogP contribution in [0.4, 0.5) is 0 Å². The highest BCUT2D eigenvalue weighted by Gasteiger charge is 2.20. The molecule has 1 rings (SSSR count). The lowest BCUT2D eigenvalue weighted by Crippen LogP contribution is -2.24. The molecular formula is C11H19NO3. The molecule has 0 aromatic carbocycles. The van der Waals surface area contributed by atoms with E-state index in [9.17, 15) is 4.79 Å². The third kappa shape index (κ3) is 7.11. The van der Waals surface area contributed by atoms with Crippen molar-refractivity contribution in [2.24, 2.45) is 0 Å². The van der Waals surface area contributed by atoms with Crippen LogP contribution in [-0.4, -0.2) is 32.0 Å². The summed E-state index contributed by atoms with van der Waals surface area (Å²) in [4.78, 5) is 10.7. The fourth-order valence-electron chi connectivity index (χ4n) is 1.25. The van der Waals surface area contributed by atoms with Gasteiger partial charge in [0, 0.05) is 6.61 Å². The lowest BCUT2D eigenvalue weighted by atomic mass is 10.2. The fraction of sp³-hybridized carbons (Fsp3) is 0.727. The lowest BCUT2D eigenvalue weighted by Gasteiger charge is -2.04. The second-order valence-corrected chi connectivity index (χ2v) is 3.60. The molecule has 4 heteroatoms. The number of carbonyl (C=O) groups is 1. The minimum atomic E-state index is -0.194. The Morgan fingerprint density at radius 1 is 1.53 bits per heavy atom. The normalized spacial score (nSPS) is 18.5. The summed E-state index contributed by atoms with van der Waals surface area (Å²) in [6, 6.07) is 0. The van der Waals surface area contributed by atoms with E-state index in [4.69, 9.17) is 9.47 Å². The highest BCUT2D eigenvalue weighted by atomic mass is 16.6.